The number of hydrogen-bond acceptors (Lipinski definition) is 3. The maximum absolute atomic E-state index is 11.1. The Balaban J connectivity index is 4.09. The molecular formula is C9H18N2O3. The van der Waals surface area contributed by atoms with E-state index in [4.69, 9.17) is 5.11 Å². The number of likely N-dealkylation sites (N-methyl/N-ethyl adjacent to an activating group) is 1. The van der Waals surface area contributed by atoms with Gasteiger partial charge in [-0.3, -0.25) is 4.79 Å². The average molecular weight is 202 g/mol. The van der Waals surface area contributed by atoms with Gasteiger partial charge in [0.1, 0.15) is 6.04 Å². The molecule has 0 saturated heterocycles. The molecule has 0 aliphatic carbocycles. The van der Waals surface area contributed by atoms with Crippen LogP contribution in [0.25, 0.3) is 0 Å². The van der Waals surface area contributed by atoms with Gasteiger partial charge in [0.05, 0.1) is 6.54 Å². The van der Waals surface area contributed by atoms with Crippen LogP contribution in [0.1, 0.15) is 20.3 Å². The van der Waals surface area contributed by atoms with E-state index in [1.807, 2.05) is 13.8 Å². The summed E-state index contributed by atoms with van der Waals surface area (Å²) in [6, 6.07) is -0.782. The van der Waals surface area contributed by atoms with Crippen LogP contribution in [0.4, 0.5) is 0 Å². The molecular weight excluding hydrogens is 184 g/mol. The number of carboxylic acid groups (broad SMARTS) is 1. The lowest BCUT2D eigenvalue weighted by molar-refractivity contribution is -0.142. The Labute approximate surface area is 83.9 Å². The predicted octanol–water partition coefficient (Wildman–Crippen LogP) is -0.179. The van der Waals surface area contributed by atoms with Crippen LogP contribution in [0.15, 0.2) is 0 Å². The SMILES string of the molecule is CNCC(=O)NC(CC(C)C)C(=O)O. The van der Waals surface area contributed by atoms with E-state index in [2.05, 4.69) is 10.6 Å². The molecule has 0 bridgehead atoms. The fourth-order valence-electron chi connectivity index (χ4n) is 1.10. The molecule has 3 N–H and O–H groups in total. The minimum Gasteiger partial charge on any atom is -0.480 e. The summed E-state index contributed by atoms with van der Waals surface area (Å²) in [4.78, 5) is 21.8. The van der Waals surface area contributed by atoms with Gasteiger partial charge in [-0.15, -0.1) is 0 Å². The Hall–Kier alpha value is -1.10. The summed E-state index contributed by atoms with van der Waals surface area (Å²) in [5.74, 6) is -1.03. The van der Waals surface area contributed by atoms with E-state index in [1.165, 1.54) is 0 Å². The van der Waals surface area contributed by atoms with Gasteiger partial charge in [0, 0.05) is 0 Å². The van der Waals surface area contributed by atoms with Crippen molar-refractivity contribution >= 4 is 11.9 Å². The Morgan fingerprint density at radius 1 is 1.36 bits per heavy atom. The van der Waals surface area contributed by atoms with Crippen molar-refractivity contribution in [3.63, 3.8) is 0 Å². The van der Waals surface area contributed by atoms with Crippen LogP contribution < -0.4 is 10.6 Å². The minimum atomic E-state index is -0.983. The molecule has 0 aliphatic rings. The van der Waals surface area contributed by atoms with E-state index >= 15 is 0 Å². The Kier molecular flexibility index (Phi) is 5.87. The molecule has 0 aromatic heterocycles. The van der Waals surface area contributed by atoms with Crippen molar-refractivity contribution < 1.29 is 14.7 Å². The highest BCUT2D eigenvalue weighted by Crippen LogP contribution is 2.04. The van der Waals surface area contributed by atoms with E-state index in [0.29, 0.717) is 6.42 Å². The molecule has 82 valence electrons. The summed E-state index contributed by atoms with van der Waals surface area (Å²) in [5.41, 5.74) is 0. The molecule has 0 rings (SSSR count). The van der Waals surface area contributed by atoms with Crippen molar-refractivity contribution in [3.8, 4) is 0 Å². The molecule has 0 spiro atoms. The predicted molar refractivity (Wildman–Crippen MR) is 52.9 cm³/mol. The molecule has 0 aliphatic heterocycles. The number of carbonyl (C=O) groups is 2. The zero-order valence-corrected chi connectivity index (χ0v) is 8.83. The van der Waals surface area contributed by atoms with Crippen molar-refractivity contribution in [2.75, 3.05) is 13.6 Å². The van der Waals surface area contributed by atoms with Crippen molar-refractivity contribution in [2.45, 2.75) is 26.3 Å². The molecule has 0 radical (unpaired) electrons. The smallest absolute Gasteiger partial charge is 0.326 e. The molecule has 1 unspecified atom stereocenters. The second-order valence-corrected chi connectivity index (χ2v) is 3.62. The number of hydrogen-bond donors (Lipinski definition) is 3. The van der Waals surface area contributed by atoms with Crippen LogP contribution in [-0.4, -0.2) is 36.6 Å². The molecule has 0 fully saturated rings. The van der Waals surface area contributed by atoms with Crippen molar-refractivity contribution in [2.24, 2.45) is 5.92 Å². The largest absolute Gasteiger partial charge is 0.480 e. The quantitative estimate of drug-likeness (QED) is 0.558. The lowest BCUT2D eigenvalue weighted by Crippen LogP contribution is -2.44. The highest BCUT2D eigenvalue weighted by atomic mass is 16.4. The maximum atomic E-state index is 11.1. The number of amides is 1. The molecule has 0 heterocycles. The number of rotatable bonds is 6. The van der Waals surface area contributed by atoms with Gasteiger partial charge in [-0.1, -0.05) is 13.8 Å². The maximum Gasteiger partial charge on any atom is 0.326 e. The van der Waals surface area contributed by atoms with E-state index in [-0.39, 0.29) is 18.4 Å². The van der Waals surface area contributed by atoms with Crippen molar-refractivity contribution in [3.05, 3.63) is 0 Å². The van der Waals surface area contributed by atoms with Crippen LogP contribution in [0.3, 0.4) is 0 Å². The van der Waals surface area contributed by atoms with E-state index < -0.39 is 12.0 Å². The second kappa shape index (κ2) is 6.37. The summed E-state index contributed by atoms with van der Waals surface area (Å²) in [6.07, 6.45) is 0.449. The van der Waals surface area contributed by atoms with Gasteiger partial charge in [0.15, 0.2) is 0 Å². The molecule has 1 atom stereocenters. The molecule has 0 saturated carbocycles. The van der Waals surface area contributed by atoms with Gasteiger partial charge in [-0.2, -0.15) is 0 Å². The lowest BCUT2D eigenvalue weighted by atomic mass is 10.0. The Bertz CT molecular complexity index is 204. The first-order valence-corrected chi connectivity index (χ1v) is 4.64. The molecule has 0 aromatic rings. The standard InChI is InChI=1S/C9H18N2O3/c1-6(2)4-7(9(13)14)11-8(12)5-10-3/h6-7,10H,4-5H2,1-3H3,(H,11,12)(H,13,14). The zero-order valence-electron chi connectivity index (χ0n) is 8.83. The lowest BCUT2D eigenvalue weighted by Gasteiger charge is -2.16. The van der Waals surface area contributed by atoms with E-state index in [0.717, 1.165) is 0 Å². The first kappa shape index (κ1) is 12.9. The fraction of sp³-hybridized carbons (Fsp3) is 0.778. The monoisotopic (exact) mass is 202 g/mol. The third-order valence-corrected chi connectivity index (χ3v) is 1.68. The average Bonchev–Trinajstić information content (AvgIpc) is 2.02. The highest BCUT2D eigenvalue weighted by Gasteiger charge is 2.20. The van der Waals surface area contributed by atoms with Crippen LogP contribution >= 0.6 is 0 Å². The van der Waals surface area contributed by atoms with E-state index in [1.54, 1.807) is 7.05 Å². The van der Waals surface area contributed by atoms with Crippen LogP contribution in [0.2, 0.25) is 0 Å². The fourth-order valence-corrected chi connectivity index (χ4v) is 1.10. The zero-order chi connectivity index (χ0) is 11.1. The summed E-state index contributed by atoms with van der Waals surface area (Å²) < 4.78 is 0. The number of carbonyl (C=O) groups excluding carboxylic acids is 1. The van der Waals surface area contributed by atoms with Crippen LogP contribution in [0.5, 0.6) is 0 Å². The summed E-state index contributed by atoms with van der Waals surface area (Å²) >= 11 is 0. The number of nitrogens with one attached hydrogen (secondary N) is 2. The van der Waals surface area contributed by atoms with Gasteiger partial charge in [0.25, 0.3) is 0 Å². The topological polar surface area (TPSA) is 78.4 Å². The third kappa shape index (κ3) is 5.53. The van der Waals surface area contributed by atoms with Gasteiger partial charge in [-0.05, 0) is 19.4 Å². The first-order valence-electron chi connectivity index (χ1n) is 4.64. The molecule has 0 aromatic carbocycles. The molecule has 5 heteroatoms. The van der Waals surface area contributed by atoms with Crippen LogP contribution in [0, 0.1) is 5.92 Å². The molecule has 1 amide bonds. The third-order valence-electron chi connectivity index (χ3n) is 1.68. The van der Waals surface area contributed by atoms with Gasteiger partial charge in [0.2, 0.25) is 5.91 Å². The van der Waals surface area contributed by atoms with Crippen LogP contribution in [-0.2, 0) is 9.59 Å². The number of aliphatic carboxylic acids is 1. The second-order valence-electron chi connectivity index (χ2n) is 3.62. The normalized spacial score (nSPS) is 12.6. The Morgan fingerprint density at radius 2 is 1.93 bits per heavy atom. The summed E-state index contributed by atoms with van der Waals surface area (Å²) in [5, 5.41) is 13.9. The highest BCUT2D eigenvalue weighted by molar-refractivity contribution is 5.84. The first-order chi connectivity index (χ1) is 6.47. The Morgan fingerprint density at radius 3 is 2.29 bits per heavy atom. The molecule has 5 nitrogen and oxygen atoms in total. The summed E-state index contributed by atoms with van der Waals surface area (Å²) in [6.45, 7) is 3.97. The van der Waals surface area contributed by atoms with Crippen molar-refractivity contribution in [1.82, 2.24) is 10.6 Å². The van der Waals surface area contributed by atoms with Gasteiger partial charge >= 0.3 is 5.97 Å². The molecule has 14 heavy (non-hydrogen) atoms. The van der Waals surface area contributed by atoms with Gasteiger partial charge < -0.3 is 15.7 Å². The van der Waals surface area contributed by atoms with E-state index in [9.17, 15) is 9.59 Å². The minimum absolute atomic E-state index is 0.141. The number of carboxylic acids is 1. The van der Waals surface area contributed by atoms with Gasteiger partial charge in [-0.25, -0.2) is 4.79 Å². The summed E-state index contributed by atoms with van der Waals surface area (Å²) in [7, 11) is 1.64. The van der Waals surface area contributed by atoms with Crippen molar-refractivity contribution in [1.29, 1.82) is 0 Å².